The molecule has 10 nitrogen and oxygen atoms in total. The summed E-state index contributed by atoms with van der Waals surface area (Å²) in [6.07, 6.45) is 1.57. The number of carbonyl (C=O) groups is 2. The SMILES string of the molecule is COC(=O)c1cc(OC)c(OC)cc1NC(=O)c1nc2nccc(C)n2n1. The maximum absolute atomic E-state index is 12.6. The lowest BCUT2D eigenvalue weighted by Gasteiger charge is -2.14. The molecule has 0 atom stereocenters. The molecule has 27 heavy (non-hydrogen) atoms. The lowest BCUT2D eigenvalue weighted by Crippen LogP contribution is -2.17. The zero-order valence-corrected chi connectivity index (χ0v) is 15.1. The molecule has 3 aromatic rings. The number of aryl methyl sites for hydroxylation is 1. The van der Waals surface area contributed by atoms with E-state index >= 15 is 0 Å². The molecule has 1 amide bonds. The molecular weight excluding hydrogens is 354 g/mol. The van der Waals surface area contributed by atoms with E-state index < -0.39 is 11.9 Å². The molecule has 0 unspecified atom stereocenters. The van der Waals surface area contributed by atoms with Crippen LogP contribution in [0, 0.1) is 6.92 Å². The molecule has 10 heteroatoms. The third-order valence-corrected chi connectivity index (χ3v) is 3.81. The highest BCUT2D eigenvalue weighted by Gasteiger charge is 2.21. The van der Waals surface area contributed by atoms with Crippen LogP contribution in [0.2, 0.25) is 0 Å². The van der Waals surface area contributed by atoms with E-state index in [0.717, 1.165) is 5.69 Å². The van der Waals surface area contributed by atoms with Gasteiger partial charge in [0.15, 0.2) is 11.5 Å². The Hall–Kier alpha value is -3.69. The minimum absolute atomic E-state index is 0.0950. The van der Waals surface area contributed by atoms with Gasteiger partial charge in [0, 0.05) is 24.0 Å². The van der Waals surface area contributed by atoms with E-state index in [9.17, 15) is 9.59 Å². The average molecular weight is 371 g/mol. The second-order valence-electron chi connectivity index (χ2n) is 5.43. The van der Waals surface area contributed by atoms with Crippen molar-refractivity contribution in [1.29, 1.82) is 0 Å². The van der Waals surface area contributed by atoms with Crippen LogP contribution < -0.4 is 14.8 Å². The zero-order valence-electron chi connectivity index (χ0n) is 15.1. The Bertz CT molecular complexity index is 1030. The molecule has 0 aliphatic rings. The second kappa shape index (κ2) is 7.28. The van der Waals surface area contributed by atoms with Gasteiger partial charge >= 0.3 is 5.97 Å². The third-order valence-electron chi connectivity index (χ3n) is 3.81. The Morgan fingerprint density at radius 2 is 1.81 bits per heavy atom. The molecular formula is C17H17N5O5. The first-order chi connectivity index (χ1) is 13.0. The number of amides is 1. The first-order valence-electron chi connectivity index (χ1n) is 7.82. The van der Waals surface area contributed by atoms with E-state index in [-0.39, 0.29) is 17.1 Å². The van der Waals surface area contributed by atoms with E-state index in [1.807, 2.05) is 6.92 Å². The van der Waals surface area contributed by atoms with Gasteiger partial charge in [0.25, 0.3) is 11.7 Å². The number of carbonyl (C=O) groups excluding carboxylic acids is 2. The summed E-state index contributed by atoms with van der Waals surface area (Å²) in [6, 6.07) is 4.62. The number of anilines is 1. The van der Waals surface area contributed by atoms with E-state index in [4.69, 9.17) is 14.2 Å². The number of hydrogen-bond donors (Lipinski definition) is 1. The smallest absolute Gasteiger partial charge is 0.340 e. The number of methoxy groups -OCH3 is 3. The van der Waals surface area contributed by atoms with Gasteiger partial charge in [-0.3, -0.25) is 4.79 Å². The van der Waals surface area contributed by atoms with Crippen LogP contribution in [0.4, 0.5) is 5.69 Å². The largest absolute Gasteiger partial charge is 0.493 e. The summed E-state index contributed by atoms with van der Waals surface area (Å²) in [4.78, 5) is 32.9. The molecule has 0 saturated carbocycles. The molecule has 0 aliphatic carbocycles. The van der Waals surface area contributed by atoms with Gasteiger partial charge in [0.05, 0.1) is 32.6 Å². The lowest BCUT2D eigenvalue weighted by molar-refractivity contribution is 0.0601. The van der Waals surface area contributed by atoms with Gasteiger partial charge in [-0.1, -0.05) is 0 Å². The van der Waals surface area contributed by atoms with Crippen molar-refractivity contribution >= 4 is 23.3 Å². The first-order valence-corrected chi connectivity index (χ1v) is 7.82. The van der Waals surface area contributed by atoms with Gasteiger partial charge in [0.1, 0.15) is 0 Å². The van der Waals surface area contributed by atoms with Gasteiger partial charge in [-0.05, 0) is 13.0 Å². The number of fused-ring (bicyclic) bond motifs is 1. The number of rotatable bonds is 5. The average Bonchev–Trinajstić information content (AvgIpc) is 3.13. The molecule has 0 saturated heterocycles. The van der Waals surface area contributed by atoms with Gasteiger partial charge in [0.2, 0.25) is 5.82 Å². The first kappa shape index (κ1) is 18.1. The van der Waals surface area contributed by atoms with Crippen LogP contribution in [0.25, 0.3) is 5.78 Å². The highest BCUT2D eigenvalue weighted by Crippen LogP contribution is 2.33. The van der Waals surface area contributed by atoms with Crippen LogP contribution in [-0.2, 0) is 4.74 Å². The van der Waals surface area contributed by atoms with Gasteiger partial charge in [-0.25, -0.2) is 14.3 Å². The van der Waals surface area contributed by atoms with Crippen LogP contribution in [0.3, 0.4) is 0 Å². The Morgan fingerprint density at radius 1 is 1.11 bits per heavy atom. The summed E-state index contributed by atoms with van der Waals surface area (Å²) in [6.45, 7) is 1.81. The predicted molar refractivity (Wildman–Crippen MR) is 94.4 cm³/mol. The van der Waals surface area contributed by atoms with Gasteiger partial charge < -0.3 is 19.5 Å². The Kier molecular flexibility index (Phi) is 4.88. The number of aromatic nitrogens is 4. The van der Waals surface area contributed by atoms with Crippen molar-refractivity contribution in [3.8, 4) is 11.5 Å². The molecule has 0 fully saturated rings. The second-order valence-corrected chi connectivity index (χ2v) is 5.43. The summed E-state index contributed by atoms with van der Waals surface area (Å²) in [7, 11) is 4.12. The van der Waals surface area contributed by atoms with Crippen molar-refractivity contribution in [1.82, 2.24) is 19.6 Å². The molecule has 0 aliphatic heterocycles. The van der Waals surface area contributed by atoms with E-state index in [2.05, 4.69) is 20.4 Å². The van der Waals surface area contributed by atoms with E-state index in [0.29, 0.717) is 17.3 Å². The Balaban J connectivity index is 2.00. The fourth-order valence-electron chi connectivity index (χ4n) is 2.44. The summed E-state index contributed by atoms with van der Waals surface area (Å²) in [5.41, 5.74) is 1.04. The number of esters is 1. The lowest BCUT2D eigenvalue weighted by atomic mass is 10.1. The third kappa shape index (κ3) is 3.36. The quantitative estimate of drug-likeness (QED) is 0.671. The maximum atomic E-state index is 12.6. The molecule has 2 aromatic heterocycles. The standard InChI is InChI=1S/C17H17N5O5/c1-9-5-6-18-17-20-14(21-22(9)17)15(23)19-11-8-13(26-3)12(25-2)7-10(11)16(24)27-4/h5-8H,1-4H3,(H,19,23). The Labute approximate surface area is 154 Å². The number of hydrogen-bond acceptors (Lipinski definition) is 8. The van der Waals surface area contributed by atoms with Crippen LogP contribution >= 0.6 is 0 Å². The highest BCUT2D eigenvalue weighted by molar-refractivity contribution is 6.07. The fourth-order valence-corrected chi connectivity index (χ4v) is 2.44. The van der Waals surface area contributed by atoms with Crippen LogP contribution in [0.5, 0.6) is 11.5 Å². The number of benzene rings is 1. The van der Waals surface area contributed by atoms with Crippen LogP contribution in [0.15, 0.2) is 24.4 Å². The fraction of sp³-hybridized carbons (Fsp3) is 0.235. The zero-order chi connectivity index (χ0) is 19.6. The molecule has 0 spiro atoms. The van der Waals surface area contributed by atoms with Crippen molar-refractivity contribution in [2.24, 2.45) is 0 Å². The topological polar surface area (TPSA) is 117 Å². The maximum Gasteiger partial charge on any atom is 0.340 e. The predicted octanol–water partition coefficient (Wildman–Crippen LogP) is 1.49. The van der Waals surface area contributed by atoms with Crippen molar-refractivity contribution in [3.63, 3.8) is 0 Å². The number of nitrogens with one attached hydrogen (secondary N) is 1. The summed E-state index contributed by atoms with van der Waals surface area (Å²) in [5.74, 6) is -0.408. The number of nitrogens with zero attached hydrogens (tertiary/aromatic N) is 4. The van der Waals surface area contributed by atoms with E-state index in [1.165, 1.54) is 38.0 Å². The normalized spacial score (nSPS) is 10.5. The van der Waals surface area contributed by atoms with Gasteiger partial charge in [-0.2, -0.15) is 4.98 Å². The molecule has 0 radical (unpaired) electrons. The van der Waals surface area contributed by atoms with Crippen molar-refractivity contribution < 1.29 is 23.8 Å². The molecule has 3 rings (SSSR count). The summed E-state index contributed by atoms with van der Waals surface area (Å²) < 4.78 is 16.6. The molecule has 2 heterocycles. The number of ether oxygens (including phenoxy) is 3. The minimum Gasteiger partial charge on any atom is -0.493 e. The van der Waals surface area contributed by atoms with Crippen molar-refractivity contribution in [3.05, 3.63) is 41.5 Å². The monoisotopic (exact) mass is 371 g/mol. The molecule has 140 valence electrons. The minimum atomic E-state index is -0.647. The van der Waals surface area contributed by atoms with Gasteiger partial charge in [-0.15, -0.1) is 5.10 Å². The van der Waals surface area contributed by atoms with Crippen LogP contribution in [0.1, 0.15) is 26.7 Å². The highest BCUT2D eigenvalue weighted by atomic mass is 16.5. The van der Waals surface area contributed by atoms with Crippen molar-refractivity contribution in [2.45, 2.75) is 6.92 Å². The molecule has 0 bridgehead atoms. The Morgan fingerprint density at radius 3 is 2.44 bits per heavy atom. The molecule has 1 N–H and O–H groups in total. The van der Waals surface area contributed by atoms with E-state index in [1.54, 1.807) is 12.3 Å². The summed E-state index contributed by atoms with van der Waals surface area (Å²) >= 11 is 0. The van der Waals surface area contributed by atoms with Crippen LogP contribution in [-0.4, -0.2) is 52.8 Å². The van der Waals surface area contributed by atoms with Crippen molar-refractivity contribution in [2.75, 3.05) is 26.6 Å². The summed E-state index contributed by atoms with van der Waals surface area (Å²) in [5, 5.41) is 6.75. The molecule has 1 aromatic carbocycles.